The highest BCUT2D eigenvalue weighted by Crippen LogP contribution is 2.68. The highest BCUT2D eigenvalue weighted by molar-refractivity contribution is 6.77. The maximum absolute atomic E-state index is 3.22. The Bertz CT molecular complexity index is 2000. The molecule has 2 nitrogen and oxygen atoms in total. The molecule has 0 N–H and O–H groups in total. The Kier molecular flexibility index (Phi) is 9.49. The van der Waals surface area contributed by atoms with Crippen LogP contribution < -0.4 is 0 Å². The molecule has 3 aliphatic heterocycles. The van der Waals surface area contributed by atoms with Gasteiger partial charge in [-0.25, -0.2) is 0 Å². The van der Waals surface area contributed by atoms with Gasteiger partial charge in [-0.2, -0.15) is 0 Å². The van der Waals surface area contributed by atoms with Crippen molar-refractivity contribution in [3.8, 4) is 0 Å². The van der Waals surface area contributed by atoms with E-state index in [4.69, 9.17) is 0 Å². The summed E-state index contributed by atoms with van der Waals surface area (Å²) in [6, 6.07) is 1.79. The van der Waals surface area contributed by atoms with Crippen LogP contribution in [0.25, 0.3) is 0 Å². The Hall–Kier alpha value is -2.78. The molecule has 0 amide bonds. The van der Waals surface area contributed by atoms with E-state index in [0.29, 0.717) is 42.6 Å². The van der Waals surface area contributed by atoms with Gasteiger partial charge in [-0.1, -0.05) is 167 Å². The molecule has 2 saturated heterocycles. The van der Waals surface area contributed by atoms with Gasteiger partial charge in [-0.15, -0.1) is 0 Å². The fourth-order valence-electron chi connectivity index (χ4n) is 15.5. The van der Waals surface area contributed by atoms with E-state index in [9.17, 15) is 0 Å². The van der Waals surface area contributed by atoms with Gasteiger partial charge in [0.1, 0.15) is 0 Å². The lowest BCUT2D eigenvalue weighted by Gasteiger charge is -2.60. The summed E-state index contributed by atoms with van der Waals surface area (Å²) in [7, 11) is 0. The van der Waals surface area contributed by atoms with Crippen molar-refractivity contribution in [2.24, 2.45) is 28.6 Å². The standard InChI is InChI=1S/C55H73BN2/c1-53(2,3)43-35-45-52-47(36-43)56-46-28-27-41(38-21-12-7-13-22-38)32-48(46)57(44-26-18-25-40(31-44)37-19-10-6-11-20-37)49-33-42(39-23-14-8-15-24-39)34-50(51(49)56)58(52)54(4,5)55(45)29-16-9-17-30-55/h8,14-15,18,23,25,27-28,31,33,35-39,44,47-48,50,52H,6-7,9-13,16-17,19-22,24,26,29-30,32,34H2,1-5H3. The first-order chi connectivity index (χ1) is 28.1. The monoisotopic (exact) mass is 773 g/mol. The number of allylic oxidation sites excluding steroid dienone is 11. The van der Waals surface area contributed by atoms with Crippen LogP contribution in [0, 0.1) is 28.6 Å². The summed E-state index contributed by atoms with van der Waals surface area (Å²) in [5, 5.41) is 0. The zero-order chi connectivity index (χ0) is 39.4. The summed E-state index contributed by atoms with van der Waals surface area (Å²) in [5.41, 5.74) is 14.3. The summed E-state index contributed by atoms with van der Waals surface area (Å²) in [6.45, 7) is 13.4. The Morgan fingerprint density at radius 3 is 2.17 bits per heavy atom. The van der Waals surface area contributed by atoms with Crippen LogP contribution in [0.3, 0.4) is 0 Å². The van der Waals surface area contributed by atoms with E-state index < -0.39 is 0 Å². The predicted octanol–water partition coefficient (Wildman–Crippen LogP) is 13.7. The van der Waals surface area contributed by atoms with E-state index in [-0.39, 0.29) is 16.4 Å². The van der Waals surface area contributed by atoms with Gasteiger partial charge in [0.2, 0.25) is 6.71 Å². The number of fused-ring (bicyclic) bond motifs is 5. The van der Waals surface area contributed by atoms with Gasteiger partial charge in [0, 0.05) is 40.7 Å². The molecule has 6 unspecified atom stereocenters. The molecule has 0 bridgehead atoms. The minimum absolute atomic E-state index is 0.0974. The molecule has 0 radical (unpaired) electrons. The topological polar surface area (TPSA) is 6.48 Å². The molecule has 8 aliphatic carbocycles. The van der Waals surface area contributed by atoms with Crippen LogP contribution in [0.15, 0.2) is 117 Å². The number of rotatable bonds is 4. The minimum Gasteiger partial charge on any atom is -0.359 e. The highest BCUT2D eigenvalue weighted by Gasteiger charge is 2.69. The zero-order valence-corrected chi connectivity index (χ0v) is 37.0. The van der Waals surface area contributed by atoms with Gasteiger partial charge in [-0.3, -0.25) is 4.90 Å². The number of hydrogen-bond acceptors (Lipinski definition) is 2. The van der Waals surface area contributed by atoms with Crippen molar-refractivity contribution in [2.75, 3.05) is 0 Å². The van der Waals surface area contributed by atoms with Gasteiger partial charge in [0.25, 0.3) is 0 Å². The molecule has 1 spiro atoms. The summed E-state index contributed by atoms with van der Waals surface area (Å²) in [6.07, 6.45) is 57.2. The van der Waals surface area contributed by atoms with E-state index >= 15 is 0 Å². The summed E-state index contributed by atoms with van der Waals surface area (Å²) in [5.74, 6) is 2.50. The smallest absolute Gasteiger partial charge is 0.215 e. The second-order valence-corrected chi connectivity index (χ2v) is 22.6. The average molecular weight is 773 g/mol. The molecule has 0 aromatic heterocycles. The fraction of sp³-hybridized carbons (Fsp3) is 0.636. The van der Waals surface area contributed by atoms with Crippen molar-refractivity contribution in [1.29, 1.82) is 0 Å². The van der Waals surface area contributed by atoms with Crippen molar-refractivity contribution in [3.05, 3.63) is 117 Å². The van der Waals surface area contributed by atoms with Crippen LogP contribution in [0.4, 0.5) is 0 Å². The first kappa shape index (κ1) is 38.2. The Morgan fingerprint density at radius 1 is 0.724 bits per heavy atom. The van der Waals surface area contributed by atoms with Crippen molar-refractivity contribution < 1.29 is 0 Å². The lowest BCUT2D eigenvalue weighted by Crippen LogP contribution is -2.66. The highest BCUT2D eigenvalue weighted by atomic mass is 15.3. The van der Waals surface area contributed by atoms with Crippen LogP contribution >= 0.6 is 0 Å². The molecular weight excluding hydrogens is 699 g/mol. The van der Waals surface area contributed by atoms with Crippen molar-refractivity contribution in [1.82, 2.24) is 9.80 Å². The SMILES string of the molecule is CC(C)(C)C1=CC2B3C4=CC=C(C5CCCCC5)CC4N(C4C=C(C5CCCCC5)C=CC4)C4=C3C(CC(C3C=CC=CC3)=C4)N3C2C(=C1)C1(CCCCC1)C3(C)C. The van der Waals surface area contributed by atoms with Gasteiger partial charge in [-0.05, 0) is 124 Å². The largest absolute Gasteiger partial charge is 0.359 e. The van der Waals surface area contributed by atoms with Crippen LogP contribution in [-0.2, 0) is 0 Å². The Balaban J connectivity index is 1.14. The Labute approximate surface area is 353 Å². The molecule has 58 heavy (non-hydrogen) atoms. The van der Waals surface area contributed by atoms with E-state index in [1.807, 2.05) is 11.0 Å². The molecule has 3 heterocycles. The fourth-order valence-corrected chi connectivity index (χ4v) is 15.5. The number of nitrogens with zero attached hydrogens (tertiary/aromatic N) is 2. The normalized spacial score (nSPS) is 35.7. The van der Waals surface area contributed by atoms with Gasteiger partial charge < -0.3 is 4.90 Å². The lowest BCUT2D eigenvalue weighted by atomic mass is 9.25. The van der Waals surface area contributed by atoms with Crippen LogP contribution in [0.5, 0.6) is 0 Å². The van der Waals surface area contributed by atoms with E-state index in [2.05, 4.69) is 117 Å². The van der Waals surface area contributed by atoms with Crippen LogP contribution in [0.1, 0.15) is 157 Å². The maximum atomic E-state index is 3.22. The van der Waals surface area contributed by atoms with Crippen molar-refractivity contribution in [2.45, 2.75) is 192 Å². The second kappa shape index (κ2) is 14.4. The minimum atomic E-state index is 0.0974. The first-order valence-corrected chi connectivity index (χ1v) is 24.7. The van der Waals surface area contributed by atoms with Crippen molar-refractivity contribution >= 4 is 6.71 Å². The van der Waals surface area contributed by atoms with Crippen LogP contribution in [0.2, 0.25) is 5.82 Å². The second-order valence-electron chi connectivity index (χ2n) is 22.6. The lowest BCUT2D eigenvalue weighted by molar-refractivity contribution is 0.00969. The Morgan fingerprint density at radius 2 is 1.45 bits per heavy atom. The molecule has 5 fully saturated rings. The summed E-state index contributed by atoms with van der Waals surface area (Å²) in [4.78, 5) is 6.34. The molecule has 11 rings (SSSR count). The van der Waals surface area contributed by atoms with Crippen molar-refractivity contribution in [3.63, 3.8) is 0 Å². The molecular formula is C55H73BN2. The summed E-state index contributed by atoms with van der Waals surface area (Å²) < 4.78 is 0. The molecule has 0 aromatic rings. The molecule has 3 heteroatoms. The molecule has 3 saturated carbocycles. The predicted molar refractivity (Wildman–Crippen MR) is 245 cm³/mol. The van der Waals surface area contributed by atoms with Gasteiger partial charge >= 0.3 is 0 Å². The van der Waals surface area contributed by atoms with Gasteiger partial charge in [0.15, 0.2) is 0 Å². The third kappa shape index (κ3) is 5.87. The third-order valence-corrected chi connectivity index (χ3v) is 18.4. The van der Waals surface area contributed by atoms with Gasteiger partial charge in [0.05, 0.1) is 6.04 Å². The molecule has 6 atom stereocenters. The molecule has 11 aliphatic rings. The quantitative estimate of drug-likeness (QED) is 0.263. The number of hydrogen-bond donors (Lipinski definition) is 0. The molecule has 0 aromatic carbocycles. The third-order valence-electron chi connectivity index (χ3n) is 18.4. The zero-order valence-electron chi connectivity index (χ0n) is 37.0. The van der Waals surface area contributed by atoms with E-state index in [0.717, 1.165) is 24.7 Å². The van der Waals surface area contributed by atoms with Crippen LogP contribution in [-0.4, -0.2) is 46.2 Å². The van der Waals surface area contributed by atoms with E-state index in [1.165, 1.54) is 109 Å². The average Bonchev–Trinajstić information content (AvgIpc) is 3.44. The first-order valence-electron chi connectivity index (χ1n) is 24.7. The maximum Gasteiger partial charge on any atom is 0.215 e. The summed E-state index contributed by atoms with van der Waals surface area (Å²) >= 11 is 0. The molecule has 306 valence electrons. The van der Waals surface area contributed by atoms with E-state index in [1.54, 1.807) is 33.5 Å².